The number of hydrogen-bond acceptors (Lipinski definition) is 8. The molecule has 0 atom stereocenters. The highest BCUT2D eigenvalue weighted by molar-refractivity contribution is 7.20. The molecule has 0 aliphatic heterocycles. The molecule has 2 aromatic heterocycles. The van der Waals surface area contributed by atoms with Crippen LogP contribution < -0.4 is 10.6 Å². The Hall–Kier alpha value is -2.82. The molecule has 0 fully saturated rings. The Labute approximate surface area is 169 Å². The Morgan fingerprint density at radius 1 is 1.14 bits per heavy atom. The van der Waals surface area contributed by atoms with Gasteiger partial charge in [-0.05, 0) is 37.7 Å². The lowest BCUT2D eigenvalue weighted by atomic mass is 10.3. The molecule has 146 valence electrons. The highest BCUT2D eigenvalue weighted by atomic mass is 32.1. The highest BCUT2D eigenvalue weighted by Gasteiger charge is 2.20. The molecule has 8 nitrogen and oxygen atoms in total. The summed E-state index contributed by atoms with van der Waals surface area (Å²) >= 11 is 2.45. The third-order valence-electron chi connectivity index (χ3n) is 3.61. The SMILES string of the molecule is CN(C)CCOC(=O)NC(=O)c1ccsc1NC(=O)c1nc2ccccc2s1. The van der Waals surface area contributed by atoms with E-state index in [2.05, 4.69) is 15.6 Å². The number of nitrogens with one attached hydrogen (secondary N) is 2. The van der Waals surface area contributed by atoms with Gasteiger partial charge in [0.2, 0.25) is 0 Å². The van der Waals surface area contributed by atoms with Gasteiger partial charge in [-0.25, -0.2) is 9.78 Å². The summed E-state index contributed by atoms with van der Waals surface area (Å²) in [6.07, 6.45) is -0.832. The van der Waals surface area contributed by atoms with Crippen LogP contribution in [0.2, 0.25) is 0 Å². The summed E-state index contributed by atoms with van der Waals surface area (Å²) in [4.78, 5) is 42.7. The van der Waals surface area contributed by atoms with E-state index in [4.69, 9.17) is 4.74 Å². The number of ether oxygens (including phenoxy) is 1. The molecule has 3 rings (SSSR count). The third kappa shape index (κ3) is 4.91. The fourth-order valence-electron chi connectivity index (χ4n) is 2.23. The zero-order valence-corrected chi connectivity index (χ0v) is 16.9. The first-order valence-electron chi connectivity index (χ1n) is 8.31. The Kier molecular flexibility index (Phi) is 6.34. The average molecular weight is 419 g/mol. The van der Waals surface area contributed by atoms with E-state index in [0.29, 0.717) is 16.6 Å². The molecule has 0 spiro atoms. The van der Waals surface area contributed by atoms with Crippen molar-refractivity contribution in [1.82, 2.24) is 15.2 Å². The number of likely N-dealkylation sites (N-methyl/N-ethyl adjacent to an activating group) is 1. The number of thiophene rings is 1. The second-order valence-corrected chi connectivity index (χ2v) is 7.94. The zero-order chi connectivity index (χ0) is 20.1. The van der Waals surface area contributed by atoms with Gasteiger partial charge in [-0.3, -0.25) is 14.9 Å². The lowest BCUT2D eigenvalue weighted by Crippen LogP contribution is -2.33. The summed E-state index contributed by atoms with van der Waals surface area (Å²) in [6, 6.07) is 8.97. The van der Waals surface area contributed by atoms with Crippen molar-refractivity contribution in [2.75, 3.05) is 32.6 Å². The fourth-order valence-corrected chi connectivity index (χ4v) is 3.87. The van der Waals surface area contributed by atoms with E-state index in [1.165, 1.54) is 28.7 Å². The average Bonchev–Trinajstić information content (AvgIpc) is 3.27. The maximum Gasteiger partial charge on any atom is 0.414 e. The van der Waals surface area contributed by atoms with E-state index in [1.54, 1.807) is 5.38 Å². The van der Waals surface area contributed by atoms with E-state index in [0.717, 1.165) is 10.2 Å². The monoisotopic (exact) mass is 418 g/mol. The number of carbonyl (C=O) groups is 3. The van der Waals surface area contributed by atoms with Gasteiger partial charge in [0, 0.05) is 6.54 Å². The second-order valence-electron chi connectivity index (χ2n) is 6.00. The maximum atomic E-state index is 12.5. The number of amides is 3. The molecule has 0 unspecified atom stereocenters. The van der Waals surface area contributed by atoms with Crippen molar-refractivity contribution in [3.63, 3.8) is 0 Å². The van der Waals surface area contributed by atoms with Crippen molar-refractivity contribution < 1.29 is 19.1 Å². The number of hydrogen-bond donors (Lipinski definition) is 2. The molecule has 0 saturated carbocycles. The zero-order valence-electron chi connectivity index (χ0n) is 15.2. The Bertz CT molecular complexity index is 979. The van der Waals surface area contributed by atoms with Gasteiger partial charge >= 0.3 is 6.09 Å². The summed E-state index contributed by atoms with van der Waals surface area (Å²) in [6.45, 7) is 0.709. The van der Waals surface area contributed by atoms with Crippen molar-refractivity contribution in [3.05, 3.63) is 46.3 Å². The first kappa shape index (κ1) is 19.9. The van der Waals surface area contributed by atoms with Crippen LogP contribution in [0.25, 0.3) is 10.2 Å². The minimum Gasteiger partial charge on any atom is -0.448 e. The number of imide groups is 1. The molecular formula is C18H18N4O4S2. The number of nitrogens with zero attached hydrogens (tertiary/aromatic N) is 2. The molecule has 2 N–H and O–H groups in total. The predicted molar refractivity (Wildman–Crippen MR) is 109 cm³/mol. The van der Waals surface area contributed by atoms with E-state index in [-0.39, 0.29) is 12.2 Å². The van der Waals surface area contributed by atoms with Gasteiger partial charge in [0.25, 0.3) is 11.8 Å². The van der Waals surface area contributed by atoms with Crippen LogP contribution >= 0.6 is 22.7 Å². The van der Waals surface area contributed by atoms with E-state index in [9.17, 15) is 14.4 Å². The number of rotatable bonds is 6. The van der Waals surface area contributed by atoms with Crippen LogP contribution in [-0.2, 0) is 4.74 Å². The summed E-state index contributed by atoms with van der Waals surface area (Å²) < 4.78 is 5.84. The maximum absolute atomic E-state index is 12.5. The van der Waals surface area contributed by atoms with Gasteiger partial charge in [0.1, 0.15) is 11.6 Å². The van der Waals surface area contributed by atoms with Crippen molar-refractivity contribution in [2.24, 2.45) is 0 Å². The third-order valence-corrected chi connectivity index (χ3v) is 5.48. The van der Waals surface area contributed by atoms with E-state index in [1.807, 2.05) is 43.3 Å². The van der Waals surface area contributed by atoms with Crippen LogP contribution in [0, 0.1) is 0 Å². The number of anilines is 1. The van der Waals surface area contributed by atoms with Crippen LogP contribution in [-0.4, -0.2) is 55.0 Å². The van der Waals surface area contributed by atoms with Gasteiger partial charge in [-0.15, -0.1) is 22.7 Å². The molecule has 0 aliphatic rings. The molecule has 0 bridgehead atoms. The minimum atomic E-state index is -0.832. The van der Waals surface area contributed by atoms with Crippen molar-refractivity contribution in [3.8, 4) is 0 Å². The van der Waals surface area contributed by atoms with Crippen LogP contribution in [0.15, 0.2) is 35.7 Å². The number of fused-ring (bicyclic) bond motifs is 1. The molecule has 10 heteroatoms. The first-order chi connectivity index (χ1) is 13.4. The molecule has 0 saturated heterocycles. The molecule has 3 aromatic rings. The number of aromatic nitrogens is 1. The smallest absolute Gasteiger partial charge is 0.414 e. The number of benzene rings is 1. The Morgan fingerprint density at radius 2 is 1.93 bits per heavy atom. The predicted octanol–water partition coefficient (Wildman–Crippen LogP) is 3.04. The normalized spacial score (nSPS) is 10.8. The lowest BCUT2D eigenvalue weighted by molar-refractivity contribution is 0.0914. The minimum absolute atomic E-state index is 0.164. The molecule has 3 amide bonds. The van der Waals surface area contributed by atoms with Crippen molar-refractivity contribution >= 4 is 55.8 Å². The number of para-hydroxylation sites is 1. The second kappa shape index (κ2) is 8.91. The summed E-state index contributed by atoms with van der Waals surface area (Å²) in [5.74, 6) is -1.05. The lowest BCUT2D eigenvalue weighted by Gasteiger charge is -2.10. The van der Waals surface area contributed by atoms with Crippen molar-refractivity contribution in [2.45, 2.75) is 0 Å². The van der Waals surface area contributed by atoms with Gasteiger partial charge in [-0.1, -0.05) is 12.1 Å². The molecule has 28 heavy (non-hydrogen) atoms. The first-order valence-corrected chi connectivity index (χ1v) is 10.0. The Balaban J connectivity index is 1.63. The summed E-state index contributed by atoms with van der Waals surface area (Å²) in [5.41, 5.74) is 0.922. The van der Waals surface area contributed by atoms with Crippen LogP contribution in [0.3, 0.4) is 0 Å². The number of thiazole rings is 1. The van der Waals surface area contributed by atoms with Crippen molar-refractivity contribution in [1.29, 1.82) is 0 Å². The van der Waals surface area contributed by atoms with E-state index >= 15 is 0 Å². The van der Waals surface area contributed by atoms with Gasteiger partial charge < -0.3 is 15.0 Å². The molecular weight excluding hydrogens is 400 g/mol. The van der Waals surface area contributed by atoms with Crippen LogP contribution in [0.1, 0.15) is 20.2 Å². The largest absolute Gasteiger partial charge is 0.448 e. The molecule has 2 heterocycles. The van der Waals surface area contributed by atoms with E-state index < -0.39 is 17.9 Å². The topological polar surface area (TPSA) is 101 Å². The summed E-state index contributed by atoms with van der Waals surface area (Å²) in [7, 11) is 3.69. The standard InChI is InChI=1S/C18H18N4O4S2/c1-22(2)8-9-26-18(25)21-14(23)11-7-10-27-16(11)20-15(24)17-19-12-5-3-4-6-13(12)28-17/h3-7,10H,8-9H2,1-2H3,(H,20,24)(H,21,23,25). The Morgan fingerprint density at radius 3 is 2.68 bits per heavy atom. The fraction of sp³-hybridized carbons (Fsp3) is 0.222. The summed E-state index contributed by atoms with van der Waals surface area (Å²) in [5, 5.41) is 7.13. The molecule has 0 radical (unpaired) electrons. The number of alkyl carbamates (subject to hydrolysis) is 1. The molecule has 0 aliphatic carbocycles. The van der Waals surface area contributed by atoms with Gasteiger partial charge in [0.15, 0.2) is 5.01 Å². The highest BCUT2D eigenvalue weighted by Crippen LogP contribution is 2.26. The quantitative estimate of drug-likeness (QED) is 0.638. The van der Waals surface area contributed by atoms with Crippen LogP contribution in [0.4, 0.5) is 9.80 Å². The number of carbonyl (C=O) groups excluding carboxylic acids is 3. The van der Waals surface area contributed by atoms with Gasteiger partial charge in [0.05, 0.1) is 15.8 Å². The van der Waals surface area contributed by atoms with Crippen LogP contribution in [0.5, 0.6) is 0 Å². The van der Waals surface area contributed by atoms with Gasteiger partial charge in [-0.2, -0.15) is 0 Å². The molecule has 1 aromatic carbocycles.